The van der Waals surface area contributed by atoms with Crippen LogP contribution in [0.4, 0.5) is 18.9 Å². The van der Waals surface area contributed by atoms with Gasteiger partial charge in [0.25, 0.3) is 5.91 Å². The van der Waals surface area contributed by atoms with Gasteiger partial charge in [-0.3, -0.25) is 19.7 Å². The number of imide groups is 1. The Balaban J connectivity index is 1.16. The van der Waals surface area contributed by atoms with Gasteiger partial charge in [-0.05, 0) is 63.0 Å². The molecule has 0 spiro atoms. The third-order valence-electron chi connectivity index (χ3n) is 9.14. The van der Waals surface area contributed by atoms with Crippen LogP contribution in [0.3, 0.4) is 0 Å². The fraction of sp³-hybridized carbons (Fsp3) is 0.679. The number of halogens is 3. The maximum absolute atomic E-state index is 13.4. The molecule has 3 amide bonds. The van der Waals surface area contributed by atoms with E-state index in [-0.39, 0.29) is 36.7 Å². The second-order valence-corrected chi connectivity index (χ2v) is 11.8. The van der Waals surface area contributed by atoms with Crippen molar-refractivity contribution in [2.24, 2.45) is 11.8 Å². The molecule has 1 unspecified atom stereocenters. The minimum Gasteiger partial charge on any atom is -0.368 e. The summed E-state index contributed by atoms with van der Waals surface area (Å²) in [6, 6.07) is 5.07. The summed E-state index contributed by atoms with van der Waals surface area (Å²) in [5.74, 6) is -1.35. The molecule has 4 fully saturated rings. The zero-order valence-corrected chi connectivity index (χ0v) is 21.4. The summed E-state index contributed by atoms with van der Waals surface area (Å²) in [5.41, 5.74) is 2.58. The third-order valence-corrected chi connectivity index (χ3v) is 9.14. The number of amides is 3. The van der Waals surface area contributed by atoms with Crippen LogP contribution in [0.5, 0.6) is 0 Å². The molecule has 0 radical (unpaired) electrons. The summed E-state index contributed by atoms with van der Waals surface area (Å²) in [6.45, 7) is 1.23. The van der Waals surface area contributed by atoms with Crippen molar-refractivity contribution >= 4 is 23.4 Å². The molecule has 2 N–H and O–H groups in total. The predicted octanol–water partition coefficient (Wildman–Crippen LogP) is 3.91. The Morgan fingerprint density at radius 3 is 2.45 bits per heavy atom. The molecular formula is C28H35F3N4O3. The molecule has 6 rings (SSSR count). The lowest BCUT2D eigenvalue weighted by atomic mass is 9.89. The van der Waals surface area contributed by atoms with Crippen LogP contribution in [0.25, 0.3) is 0 Å². The molecular weight excluding hydrogens is 497 g/mol. The van der Waals surface area contributed by atoms with Gasteiger partial charge in [-0.15, -0.1) is 0 Å². The standard InChI is InChI=1S/C28H35F3N4O3/c29-28(30,31)21-14-22(21)32-17-6-8-18(9-7-17)34(13-12-16-4-5-16)23-3-1-2-19-20(23)15-35(27(19)38)24-10-11-25(36)33-26(24)37/h1-3,16-18,21-22,24,32H,4-15H2,(H,33,36,37)/t17?,18?,21-,22-,24?/m0/s1. The first-order chi connectivity index (χ1) is 18.2. The lowest BCUT2D eigenvalue weighted by Crippen LogP contribution is -2.52. The number of hydrogen-bond donors (Lipinski definition) is 2. The molecule has 3 aliphatic carbocycles. The Bertz CT molecular complexity index is 1110. The van der Waals surface area contributed by atoms with E-state index >= 15 is 0 Å². The van der Waals surface area contributed by atoms with E-state index in [1.165, 1.54) is 12.8 Å². The number of rotatable bonds is 8. The summed E-state index contributed by atoms with van der Waals surface area (Å²) in [5, 5.41) is 5.62. The van der Waals surface area contributed by atoms with Crippen molar-refractivity contribution in [3.8, 4) is 0 Å². The van der Waals surface area contributed by atoms with Gasteiger partial charge in [0.1, 0.15) is 6.04 Å². The number of nitrogens with zero attached hydrogens (tertiary/aromatic N) is 2. The highest BCUT2D eigenvalue weighted by Crippen LogP contribution is 2.45. The highest BCUT2D eigenvalue weighted by Gasteiger charge is 2.56. The Hall–Kier alpha value is -2.62. The minimum absolute atomic E-state index is 0.111. The minimum atomic E-state index is -4.11. The van der Waals surface area contributed by atoms with Gasteiger partial charge in [-0.25, -0.2) is 0 Å². The van der Waals surface area contributed by atoms with Gasteiger partial charge in [0.15, 0.2) is 0 Å². The molecule has 1 aromatic carbocycles. The lowest BCUT2D eigenvalue weighted by molar-refractivity contribution is -0.149. The van der Waals surface area contributed by atoms with E-state index < -0.39 is 30.1 Å². The van der Waals surface area contributed by atoms with Gasteiger partial charge in [0.2, 0.25) is 11.8 Å². The highest BCUT2D eigenvalue weighted by molar-refractivity contribution is 6.06. The van der Waals surface area contributed by atoms with Crippen LogP contribution in [-0.2, 0) is 16.1 Å². The van der Waals surface area contributed by atoms with Crippen molar-refractivity contribution < 1.29 is 27.6 Å². The van der Waals surface area contributed by atoms with E-state index in [0.29, 0.717) is 18.5 Å². The maximum atomic E-state index is 13.4. The number of piperidine rings is 1. The van der Waals surface area contributed by atoms with E-state index in [0.717, 1.165) is 55.8 Å². The molecule has 10 heteroatoms. The first-order valence-electron chi connectivity index (χ1n) is 14.0. The Kier molecular flexibility index (Phi) is 6.64. The molecule has 206 valence electrons. The summed E-state index contributed by atoms with van der Waals surface area (Å²) < 4.78 is 38.9. The Labute approximate surface area is 220 Å². The molecule has 0 aromatic heterocycles. The van der Waals surface area contributed by atoms with Crippen LogP contribution >= 0.6 is 0 Å². The quantitative estimate of drug-likeness (QED) is 0.497. The highest BCUT2D eigenvalue weighted by atomic mass is 19.4. The normalized spacial score (nSPS) is 31.3. The number of fused-ring (bicyclic) bond motifs is 1. The first kappa shape index (κ1) is 25.6. The fourth-order valence-electron chi connectivity index (χ4n) is 6.66. The third kappa shape index (κ3) is 5.16. The molecule has 38 heavy (non-hydrogen) atoms. The largest absolute Gasteiger partial charge is 0.393 e. The molecule has 3 atom stereocenters. The van der Waals surface area contributed by atoms with E-state index in [4.69, 9.17) is 0 Å². The average molecular weight is 533 g/mol. The summed E-state index contributed by atoms with van der Waals surface area (Å²) in [6.07, 6.45) is 3.66. The van der Waals surface area contributed by atoms with Gasteiger partial charge in [-0.2, -0.15) is 13.2 Å². The van der Waals surface area contributed by atoms with Crippen LogP contribution in [-0.4, -0.2) is 59.5 Å². The number of hydrogen-bond acceptors (Lipinski definition) is 5. The van der Waals surface area contributed by atoms with Gasteiger partial charge >= 0.3 is 6.18 Å². The second kappa shape index (κ2) is 9.84. The molecule has 1 aromatic rings. The van der Waals surface area contributed by atoms with Crippen molar-refractivity contribution in [2.75, 3.05) is 11.4 Å². The van der Waals surface area contributed by atoms with E-state index in [1.807, 2.05) is 12.1 Å². The molecule has 2 heterocycles. The van der Waals surface area contributed by atoms with Crippen LogP contribution in [0.2, 0.25) is 0 Å². The predicted molar refractivity (Wildman–Crippen MR) is 134 cm³/mol. The molecule has 0 bridgehead atoms. The molecule has 2 aliphatic heterocycles. The second-order valence-electron chi connectivity index (χ2n) is 11.8. The number of benzene rings is 1. The summed E-state index contributed by atoms with van der Waals surface area (Å²) in [7, 11) is 0. The van der Waals surface area contributed by atoms with Crippen LogP contribution in [0.15, 0.2) is 18.2 Å². The van der Waals surface area contributed by atoms with E-state index in [2.05, 4.69) is 21.6 Å². The fourth-order valence-corrected chi connectivity index (χ4v) is 6.66. The van der Waals surface area contributed by atoms with Gasteiger partial charge in [0.05, 0.1) is 5.92 Å². The number of nitrogens with one attached hydrogen (secondary N) is 2. The SMILES string of the molecule is O=C1CCC(N2Cc3c(cccc3N(CCC3CC3)C3CCC(N[C@H]4C[C@@H]4C(F)(F)F)CC3)C2=O)C(=O)N1. The Morgan fingerprint density at radius 1 is 1.03 bits per heavy atom. The summed E-state index contributed by atoms with van der Waals surface area (Å²) in [4.78, 5) is 41.5. The van der Waals surface area contributed by atoms with E-state index in [1.54, 1.807) is 4.90 Å². The Morgan fingerprint density at radius 2 is 1.79 bits per heavy atom. The van der Waals surface area contributed by atoms with Gasteiger partial charge in [0, 0.05) is 54.5 Å². The lowest BCUT2D eigenvalue weighted by Gasteiger charge is -2.40. The van der Waals surface area contributed by atoms with Crippen molar-refractivity contribution in [1.29, 1.82) is 0 Å². The smallest absolute Gasteiger partial charge is 0.368 e. The zero-order valence-electron chi connectivity index (χ0n) is 21.4. The van der Waals surface area contributed by atoms with Crippen molar-refractivity contribution in [3.63, 3.8) is 0 Å². The monoisotopic (exact) mass is 532 g/mol. The van der Waals surface area contributed by atoms with Gasteiger partial charge in [-0.1, -0.05) is 18.9 Å². The van der Waals surface area contributed by atoms with Crippen LogP contribution in [0.1, 0.15) is 80.1 Å². The first-order valence-corrected chi connectivity index (χ1v) is 14.0. The molecule has 1 saturated heterocycles. The van der Waals surface area contributed by atoms with Gasteiger partial charge < -0.3 is 15.1 Å². The number of anilines is 1. The molecule has 7 nitrogen and oxygen atoms in total. The average Bonchev–Trinajstić information content (AvgIpc) is 3.80. The van der Waals surface area contributed by atoms with Crippen molar-refractivity contribution in [1.82, 2.24) is 15.5 Å². The van der Waals surface area contributed by atoms with E-state index in [9.17, 15) is 27.6 Å². The van der Waals surface area contributed by atoms with Crippen LogP contribution < -0.4 is 15.5 Å². The number of carbonyl (C=O) groups is 3. The summed E-state index contributed by atoms with van der Waals surface area (Å²) >= 11 is 0. The van der Waals surface area contributed by atoms with Crippen molar-refractivity contribution in [2.45, 2.75) is 101 Å². The van der Waals surface area contributed by atoms with Crippen molar-refractivity contribution in [3.05, 3.63) is 29.3 Å². The zero-order chi connectivity index (χ0) is 26.6. The maximum Gasteiger partial charge on any atom is 0.393 e. The molecule has 5 aliphatic rings. The number of carbonyl (C=O) groups excluding carboxylic acids is 3. The number of alkyl halides is 3. The topological polar surface area (TPSA) is 81.8 Å². The molecule has 3 saturated carbocycles. The van der Waals surface area contributed by atoms with Crippen LogP contribution in [0, 0.1) is 11.8 Å².